The number of rotatable bonds is 5. The van der Waals surface area contributed by atoms with Crippen molar-refractivity contribution in [1.29, 1.82) is 0 Å². The largest absolute Gasteiger partial charge is 0.493 e. The lowest BCUT2D eigenvalue weighted by Gasteiger charge is -2.05. The average molecular weight is 256 g/mol. The van der Waals surface area contributed by atoms with E-state index in [9.17, 15) is 8.42 Å². The average Bonchev–Trinajstić information content (AvgIpc) is 2.70. The minimum atomic E-state index is -3.37. The van der Waals surface area contributed by atoms with Crippen LogP contribution in [-0.2, 0) is 23.0 Å². The number of hydrogen-bond donors (Lipinski definition) is 2. The SMILES string of the molecule is NS(=O)(=O)CCNCc1ccc2c(c1)CCO2. The third-order valence-electron chi connectivity index (χ3n) is 2.65. The van der Waals surface area contributed by atoms with Gasteiger partial charge in [-0.25, -0.2) is 13.6 Å². The van der Waals surface area contributed by atoms with Gasteiger partial charge in [0.2, 0.25) is 10.0 Å². The highest BCUT2D eigenvalue weighted by Crippen LogP contribution is 2.25. The van der Waals surface area contributed by atoms with Gasteiger partial charge in [0.25, 0.3) is 0 Å². The van der Waals surface area contributed by atoms with E-state index in [1.807, 2.05) is 12.1 Å². The van der Waals surface area contributed by atoms with Crippen LogP contribution in [0.2, 0.25) is 0 Å². The molecule has 0 spiro atoms. The number of primary sulfonamides is 1. The van der Waals surface area contributed by atoms with Gasteiger partial charge in [0.1, 0.15) is 5.75 Å². The number of nitrogens with one attached hydrogen (secondary N) is 1. The van der Waals surface area contributed by atoms with Crippen molar-refractivity contribution in [2.24, 2.45) is 5.14 Å². The fraction of sp³-hybridized carbons (Fsp3) is 0.455. The molecule has 0 amide bonds. The minimum absolute atomic E-state index is 0.0406. The Balaban J connectivity index is 1.84. The third kappa shape index (κ3) is 3.69. The first kappa shape index (κ1) is 12.3. The second-order valence-corrected chi connectivity index (χ2v) is 5.82. The van der Waals surface area contributed by atoms with Gasteiger partial charge < -0.3 is 10.1 Å². The third-order valence-corrected chi connectivity index (χ3v) is 3.42. The van der Waals surface area contributed by atoms with Crippen molar-refractivity contribution in [3.63, 3.8) is 0 Å². The Morgan fingerprint density at radius 2 is 2.24 bits per heavy atom. The number of hydrogen-bond acceptors (Lipinski definition) is 4. The molecule has 5 nitrogen and oxygen atoms in total. The van der Waals surface area contributed by atoms with Gasteiger partial charge in [-0.1, -0.05) is 12.1 Å². The Kier molecular flexibility index (Phi) is 3.66. The van der Waals surface area contributed by atoms with E-state index < -0.39 is 10.0 Å². The van der Waals surface area contributed by atoms with E-state index in [0.29, 0.717) is 13.1 Å². The Morgan fingerprint density at radius 3 is 3.00 bits per heavy atom. The highest BCUT2D eigenvalue weighted by atomic mass is 32.2. The molecule has 0 radical (unpaired) electrons. The van der Waals surface area contributed by atoms with Crippen molar-refractivity contribution in [2.45, 2.75) is 13.0 Å². The Hall–Kier alpha value is -1.11. The molecule has 0 fully saturated rings. The number of nitrogens with two attached hydrogens (primary N) is 1. The molecule has 6 heteroatoms. The maximum atomic E-state index is 10.7. The normalized spacial score (nSPS) is 14.4. The van der Waals surface area contributed by atoms with Crippen molar-refractivity contribution < 1.29 is 13.2 Å². The maximum Gasteiger partial charge on any atom is 0.210 e. The molecule has 0 saturated carbocycles. The molecular formula is C11H16N2O3S. The lowest BCUT2D eigenvalue weighted by atomic mass is 10.1. The van der Waals surface area contributed by atoms with Crippen molar-refractivity contribution in [1.82, 2.24) is 5.32 Å². The summed E-state index contributed by atoms with van der Waals surface area (Å²) >= 11 is 0. The van der Waals surface area contributed by atoms with E-state index in [-0.39, 0.29) is 5.75 Å². The van der Waals surface area contributed by atoms with Gasteiger partial charge >= 0.3 is 0 Å². The highest BCUT2D eigenvalue weighted by molar-refractivity contribution is 7.89. The van der Waals surface area contributed by atoms with E-state index >= 15 is 0 Å². The number of ether oxygens (including phenoxy) is 1. The molecule has 94 valence electrons. The van der Waals surface area contributed by atoms with Crippen molar-refractivity contribution in [3.05, 3.63) is 29.3 Å². The molecule has 3 N–H and O–H groups in total. The fourth-order valence-electron chi connectivity index (χ4n) is 1.80. The second kappa shape index (κ2) is 5.03. The van der Waals surface area contributed by atoms with E-state index in [1.54, 1.807) is 0 Å². The molecule has 0 aromatic heterocycles. The number of sulfonamides is 1. The molecule has 17 heavy (non-hydrogen) atoms. The Bertz CT molecular complexity index is 499. The molecule has 0 atom stereocenters. The van der Waals surface area contributed by atoms with Crippen molar-refractivity contribution >= 4 is 10.0 Å². The molecule has 2 rings (SSSR count). The predicted molar refractivity (Wildman–Crippen MR) is 65.3 cm³/mol. The van der Waals surface area contributed by atoms with Gasteiger partial charge in [-0.15, -0.1) is 0 Å². The van der Waals surface area contributed by atoms with Gasteiger partial charge in [-0.3, -0.25) is 0 Å². The van der Waals surface area contributed by atoms with E-state index in [0.717, 1.165) is 24.3 Å². The summed E-state index contributed by atoms with van der Waals surface area (Å²) in [6, 6.07) is 6.03. The van der Waals surface area contributed by atoms with Crippen LogP contribution in [0.15, 0.2) is 18.2 Å². The standard InChI is InChI=1S/C11H16N2O3S/c12-17(14,15)6-4-13-8-9-1-2-11-10(7-9)3-5-16-11/h1-2,7,13H,3-6,8H2,(H2,12,14,15). The zero-order chi connectivity index (χ0) is 12.3. The summed E-state index contributed by atoms with van der Waals surface area (Å²) in [6.07, 6.45) is 0.945. The molecule has 1 aliphatic heterocycles. The quantitative estimate of drug-likeness (QED) is 0.727. The van der Waals surface area contributed by atoms with Crippen LogP contribution in [0.1, 0.15) is 11.1 Å². The van der Waals surface area contributed by atoms with E-state index in [4.69, 9.17) is 9.88 Å². The monoisotopic (exact) mass is 256 g/mol. The van der Waals surface area contributed by atoms with Gasteiger partial charge in [0.05, 0.1) is 12.4 Å². The minimum Gasteiger partial charge on any atom is -0.493 e. The summed E-state index contributed by atoms with van der Waals surface area (Å²) in [4.78, 5) is 0. The van der Waals surface area contributed by atoms with Gasteiger partial charge in [-0.2, -0.15) is 0 Å². The van der Waals surface area contributed by atoms with Gasteiger partial charge in [0.15, 0.2) is 0 Å². The number of benzene rings is 1. The molecule has 1 heterocycles. The van der Waals surface area contributed by atoms with E-state index in [1.165, 1.54) is 5.56 Å². The first-order valence-electron chi connectivity index (χ1n) is 5.50. The Morgan fingerprint density at radius 1 is 1.41 bits per heavy atom. The van der Waals surface area contributed by atoms with Crippen LogP contribution in [0.3, 0.4) is 0 Å². The van der Waals surface area contributed by atoms with Crippen molar-refractivity contribution in [3.8, 4) is 5.75 Å². The lowest BCUT2D eigenvalue weighted by molar-refractivity contribution is 0.357. The summed E-state index contributed by atoms with van der Waals surface area (Å²) in [5.41, 5.74) is 2.35. The van der Waals surface area contributed by atoms with Crippen LogP contribution in [0.25, 0.3) is 0 Å². The molecule has 1 aliphatic rings. The zero-order valence-electron chi connectivity index (χ0n) is 9.48. The second-order valence-electron chi connectivity index (χ2n) is 4.08. The van der Waals surface area contributed by atoms with Crippen LogP contribution >= 0.6 is 0 Å². The van der Waals surface area contributed by atoms with E-state index in [2.05, 4.69) is 11.4 Å². The summed E-state index contributed by atoms with van der Waals surface area (Å²) in [5, 5.41) is 7.95. The van der Waals surface area contributed by atoms with Crippen LogP contribution in [0.4, 0.5) is 0 Å². The Labute approximate surface area is 101 Å². The summed E-state index contributed by atoms with van der Waals surface area (Å²) in [7, 11) is -3.37. The molecule has 0 unspecified atom stereocenters. The first-order valence-corrected chi connectivity index (χ1v) is 7.22. The summed E-state index contributed by atoms with van der Waals surface area (Å²) < 4.78 is 26.8. The molecule has 0 saturated heterocycles. The highest BCUT2D eigenvalue weighted by Gasteiger charge is 2.11. The predicted octanol–water partition coefficient (Wildman–Crippen LogP) is -0.000400. The topological polar surface area (TPSA) is 81.4 Å². The number of fused-ring (bicyclic) bond motifs is 1. The van der Waals surface area contributed by atoms with Crippen molar-refractivity contribution in [2.75, 3.05) is 18.9 Å². The van der Waals surface area contributed by atoms with Crippen LogP contribution in [-0.4, -0.2) is 27.3 Å². The maximum absolute atomic E-state index is 10.7. The first-order chi connectivity index (χ1) is 8.04. The van der Waals surface area contributed by atoms with Crippen LogP contribution in [0.5, 0.6) is 5.75 Å². The molecule has 1 aromatic rings. The zero-order valence-corrected chi connectivity index (χ0v) is 10.3. The smallest absolute Gasteiger partial charge is 0.210 e. The van der Waals surface area contributed by atoms with Crippen LogP contribution < -0.4 is 15.2 Å². The van der Waals surface area contributed by atoms with Gasteiger partial charge in [0, 0.05) is 19.5 Å². The summed E-state index contributed by atoms with van der Waals surface area (Å²) in [6.45, 7) is 1.76. The molecular weight excluding hydrogens is 240 g/mol. The molecule has 0 aliphatic carbocycles. The lowest BCUT2D eigenvalue weighted by Crippen LogP contribution is -2.26. The van der Waals surface area contributed by atoms with Crippen LogP contribution in [0, 0.1) is 0 Å². The fourth-order valence-corrected chi connectivity index (χ4v) is 2.23. The van der Waals surface area contributed by atoms with Gasteiger partial charge in [-0.05, 0) is 17.2 Å². The molecule has 0 bridgehead atoms. The summed E-state index contributed by atoms with van der Waals surface area (Å²) in [5.74, 6) is 0.916. The molecule has 1 aromatic carbocycles.